The van der Waals surface area contributed by atoms with E-state index in [-0.39, 0.29) is 11.8 Å². The van der Waals surface area contributed by atoms with Crippen LogP contribution < -0.4 is 4.90 Å². The molecule has 45 heavy (non-hydrogen) atoms. The molecule has 0 radical (unpaired) electrons. The molecular weight excluding hydrogens is 564 g/mol. The van der Waals surface area contributed by atoms with Crippen LogP contribution in [-0.4, -0.2) is 59.3 Å². The maximum atomic E-state index is 13.7. The number of benzene rings is 4. The van der Waals surface area contributed by atoms with Crippen molar-refractivity contribution in [3.05, 3.63) is 125 Å². The number of carbonyl (C=O) groups is 2. The van der Waals surface area contributed by atoms with Gasteiger partial charge < -0.3 is 19.7 Å². The number of aliphatic imine (C=N–C) groups is 1. The van der Waals surface area contributed by atoms with Crippen molar-refractivity contribution in [3.63, 3.8) is 0 Å². The van der Waals surface area contributed by atoms with E-state index in [0.717, 1.165) is 48.1 Å². The maximum absolute atomic E-state index is 13.7. The molecular formula is C37H36N4O4. The van der Waals surface area contributed by atoms with Crippen molar-refractivity contribution in [2.24, 2.45) is 4.99 Å². The molecule has 2 heterocycles. The van der Waals surface area contributed by atoms with Crippen molar-refractivity contribution in [1.29, 1.82) is 0 Å². The standard InChI is InChI=1S/C37H36N4O4/c1-45-37(44)28-15-20-31-32(23-28)39-36(43)34(31)35(27-13-7-3-8-14-27)38-29-16-18-30(19-17-29)41(24-26-11-5-2-6-12-26)33(42)25-40-21-9-4-10-22-40/h2-3,5-8,11-20,23,39,43H,4,9-10,21-22,24-25H2,1H3. The number of nitrogens with zero attached hydrogens (tertiary/aromatic N) is 3. The van der Waals surface area contributed by atoms with E-state index in [1.54, 1.807) is 18.2 Å². The van der Waals surface area contributed by atoms with Gasteiger partial charge in [-0.2, -0.15) is 0 Å². The first-order chi connectivity index (χ1) is 22.0. The number of hydrogen-bond donors (Lipinski definition) is 2. The van der Waals surface area contributed by atoms with Crippen LogP contribution in [0.15, 0.2) is 108 Å². The highest BCUT2D eigenvalue weighted by Gasteiger charge is 2.22. The van der Waals surface area contributed by atoms with Crippen LogP contribution in [0.25, 0.3) is 10.9 Å². The average molecular weight is 601 g/mol. The summed E-state index contributed by atoms with van der Waals surface area (Å²) in [6.07, 6.45) is 3.47. The monoisotopic (exact) mass is 600 g/mol. The number of aromatic hydroxyl groups is 1. The number of carbonyl (C=O) groups excluding carboxylic acids is 2. The number of aromatic amines is 1. The quantitative estimate of drug-likeness (QED) is 0.143. The largest absolute Gasteiger partial charge is 0.494 e. The third-order valence-electron chi connectivity index (χ3n) is 8.18. The van der Waals surface area contributed by atoms with Crippen LogP contribution >= 0.6 is 0 Å². The molecule has 2 N–H and O–H groups in total. The van der Waals surface area contributed by atoms with Crippen LogP contribution in [0.5, 0.6) is 5.88 Å². The number of ether oxygens (including phenoxy) is 1. The second kappa shape index (κ2) is 13.6. The van der Waals surface area contributed by atoms with E-state index in [4.69, 9.17) is 9.73 Å². The van der Waals surface area contributed by atoms with Crippen LogP contribution in [0.1, 0.15) is 46.3 Å². The van der Waals surface area contributed by atoms with Crippen molar-refractivity contribution >= 4 is 39.9 Å². The van der Waals surface area contributed by atoms with E-state index < -0.39 is 5.97 Å². The maximum Gasteiger partial charge on any atom is 0.337 e. The van der Waals surface area contributed by atoms with E-state index in [1.807, 2.05) is 89.8 Å². The number of esters is 1. The number of fused-ring (bicyclic) bond motifs is 1. The smallest absolute Gasteiger partial charge is 0.337 e. The van der Waals surface area contributed by atoms with Gasteiger partial charge in [-0.05, 0) is 67.9 Å². The molecule has 0 aliphatic carbocycles. The van der Waals surface area contributed by atoms with Gasteiger partial charge in [0.25, 0.3) is 0 Å². The first-order valence-corrected chi connectivity index (χ1v) is 15.2. The number of rotatable bonds is 9. The summed E-state index contributed by atoms with van der Waals surface area (Å²) in [5, 5.41) is 11.8. The molecule has 1 aliphatic rings. The fourth-order valence-corrected chi connectivity index (χ4v) is 5.85. The number of piperidine rings is 1. The summed E-state index contributed by atoms with van der Waals surface area (Å²) in [6, 6.07) is 32.4. The van der Waals surface area contributed by atoms with Crippen molar-refractivity contribution in [3.8, 4) is 5.88 Å². The Balaban J connectivity index is 1.36. The molecule has 1 aliphatic heterocycles. The summed E-state index contributed by atoms with van der Waals surface area (Å²) >= 11 is 0. The Bertz CT molecular complexity index is 1810. The second-order valence-corrected chi connectivity index (χ2v) is 11.2. The minimum Gasteiger partial charge on any atom is -0.494 e. The van der Waals surface area contributed by atoms with Crippen molar-refractivity contribution in [2.75, 3.05) is 31.6 Å². The van der Waals surface area contributed by atoms with E-state index in [2.05, 4.69) is 9.88 Å². The average Bonchev–Trinajstić information content (AvgIpc) is 3.41. The zero-order valence-corrected chi connectivity index (χ0v) is 25.3. The summed E-state index contributed by atoms with van der Waals surface area (Å²) in [5.74, 6) is -0.444. The molecule has 8 nitrogen and oxygen atoms in total. The molecule has 5 aromatic rings. The lowest BCUT2D eigenvalue weighted by Gasteiger charge is -2.30. The lowest BCUT2D eigenvalue weighted by atomic mass is 10.00. The first kappa shape index (κ1) is 29.8. The van der Waals surface area contributed by atoms with Gasteiger partial charge in [-0.1, -0.05) is 73.2 Å². The number of nitrogens with one attached hydrogen (secondary N) is 1. The molecule has 8 heteroatoms. The summed E-state index contributed by atoms with van der Waals surface area (Å²) in [4.78, 5) is 37.9. The van der Waals surface area contributed by atoms with Gasteiger partial charge in [0.05, 0.1) is 42.7 Å². The molecule has 228 valence electrons. The SMILES string of the molecule is COC(=O)c1ccc2c(C(=Nc3ccc(N(Cc4ccccc4)C(=O)CN4CCCCC4)cc3)c3ccccc3)c(O)[nH]c2c1. The third-order valence-corrected chi connectivity index (χ3v) is 8.18. The Morgan fingerprint density at radius 3 is 2.24 bits per heavy atom. The normalized spacial score (nSPS) is 13.9. The van der Waals surface area contributed by atoms with Crippen LogP contribution in [0.4, 0.5) is 11.4 Å². The summed E-state index contributed by atoms with van der Waals surface area (Å²) in [7, 11) is 1.33. The van der Waals surface area contributed by atoms with Gasteiger partial charge in [-0.15, -0.1) is 0 Å². The molecule has 0 bridgehead atoms. The summed E-state index contributed by atoms with van der Waals surface area (Å²) < 4.78 is 4.86. The first-order valence-electron chi connectivity index (χ1n) is 15.2. The highest BCUT2D eigenvalue weighted by atomic mass is 16.5. The molecule has 0 unspecified atom stereocenters. The summed E-state index contributed by atoms with van der Waals surface area (Å²) in [6.45, 7) is 2.77. The van der Waals surface area contributed by atoms with Gasteiger partial charge in [0.15, 0.2) is 5.88 Å². The molecule has 1 fully saturated rings. The Morgan fingerprint density at radius 2 is 1.56 bits per heavy atom. The van der Waals surface area contributed by atoms with Gasteiger partial charge in [0.2, 0.25) is 5.91 Å². The number of likely N-dealkylation sites (tertiary alicyclic amines) is 1. The highest BCUT2D eigenvalue weighted by molar-refractivity contribution is 6.22. The van der Waals surface area contributed by atoms with Gasteiger partial charge >= 0.3 is 5.97 Å². The number of aromatic nitrogens is 1. The Labute approximate surface area is 262 Å². The predicted molar refractivity (Wildman–Crippen MR) is 177 cm³/mol. The minimum atomic E-state index is -0.458. The number of anilines is 1. The van der Waals surface area contributed by atoms with E-state index >= 15 is 0 Å². The summed E-state index contributed by atoms with van der Waals surface area (Å²) in [5.41, 5.74) is 5.40. The molecule has 0 atom stereocenters. The zero-order valence-electron chi connectivity index (χ0n) is 25.3. The van der Waals surface area contributed by atoms with Gasteiger partial charge in [-0.3, -0.25) is 9.69 Å². The number of H-pyrrole nitrogens is 1. The molecule has 6 rings (SSSR count). The number of amides is 1. The van der Waals surface area contributed by atoms with Crippen LogP contribution in [-0.2, 0) is 16.1 Å². The number of methoxy groups -OCH3 is 1. The minimum absolute atomic E-state index is 0.0522. The zero-order chi connectivity index (χ0) is 31.2. The van der Waals surface area contributed by atoms with Crippen molar-refractivity contribution in [1.82, 2.24) is 9.88 Å². The fraction of sp³-hybridized carbons (Fsp3) is 0.216. The van der Waals surface area contributed by atoms with Crippen molar-refractivity contribution in [2.45, 2.75) is 25.8 Å². The topological polar surface area (TPSA) is 98.2 Å². The van der Waals surface area contributed by atoms with Crippen LogP contribution in [0, 0.1) is 0 Å². The molecule has 1 aromatic heterocycles. The van der Waals surface area contributed by atoms with Gasteiger partial charge in [0, 0.05) is 22.2 Å². The Hall–Kier alpha value is -5.21. The van der Waals surface area contributed by atoms with E-state index in [0.29, 0.717) is 41.1 Å². The third kappa shape index (κ3) is 6.81. The van der Waals surface area contributed by atoms with Crippen LogP contribution in [0.3, 0.4) is 0 Å². The lowest BCUT2D eigenvalue weighted by molar-refractivity contribution is -0.120. The second-order valence-electron chi connectivity index (χ2n) is 11.2. The highest BCUT2D eigenvalue weighted by Crippen LogP contribution is 2.33. The Kier molecular flexibility index (Phi) is 9.03. The molecule has 0 saturated carbocycles. The van der Waals surface area contributed by atoms with Crippen molar-refractivity contribution < 1.29 is 19.4 Å². The van der Waals surface area contributed by atoms with Gasteiger partial charge in [0.1, 0.15) is 0 Å². The van der Waals surface area contributed by atoms with Gasteiger partial charge in [-0.25, -0.2) is 9.79 Å². The molecule has 1 saturated heterocycles. The molecule has 0 spiro atoms. The fourth-order valence-electron chi connectivity index (χ4n) is 5.85. The van der Waals surface area contributed by atoms with E-state index in [9.17, 15) is 14.7 Å². The molecule has 1 amide bonds. The lowest BCUT2D eigenvalue weighted by Crippen LogP contribution is -2.42. The predicted octanol–water partition coefficient (Wildman–Crippen LogP) is 6.85. The van der Waals surface area contributed by atoms with Crippen LogP contribution in [0.2, 0.25) is 0 Å². The van der Waals surface area contributed by atoms with E-state index in [1.165, 1.54) is 13.5 Å². The Morgan fingerprint density at radius 1 is 0.867 bits per heavy atom. The molecule has 4 aromatic carbocycles. The number of hydrogen-bond acceptors (Lipinski definition) is 6.